The van der Waals surface area contributed by atoms with E-state index in [-0.39, 0.29) is 0 Å². The highest BCUT2D eigenvalue weighted by molar-refractivity contribution is 7.16. The third-order valence-corrected chi connectivity index (χ3v) is 6.31. The Labute approximate surface area is 203 Å². The summed E-state index contributed by atoms with van der Waals surface area (Å²) >= 11 is 7.67. The molecule has 3 N–H and O–H groups in total. The number of carbonyl (C=O) groups is 2. The highest BCUT2D eigenvalue weighted by atomic mass is 35.5. The highest BCUT2D eigenvalue weighted by Gasteiger charge is 2.20. The van der Waals surface area contributed by atoms with E-state index in [1.165, 1.54) is 10.4 Å². The molecule has 1 aliphatic rings. The number of rotatable bonds is 8. The number of aliphatic hydroxyl groups is 1. The van der Waals surface area contributed by atoms with Crippen molar-refractivity contribution >= 4 is 34.9 Å². The number of para-hydroxylation sites is 1. The summed E-state index contributed by atoms with van der Waals surface area (Å²) in [5.41, 5.74) is 1.19. The van der Waals surface area contributed by atoms with Crippen LogP contribution >= 0.6 is 22.9 Å². The van der Waals surface area contributed by atoms with Crippen LogP contribution in [0, 0.1) is 0 Å². The third kappa shape index (κ3) is 9.69. The first-order valence-corrected chi connectivity index (χ1v) is 11.9. The van der Waals surface area contributed by atoms with Gasteiger partial charge < -0.3 is 20.1 Å². The number of halogens is 1. The Kier molecular flexibility index (Phi) is 11.1. The lowest BCUT2D eigenvalue weighted by molar-refractivity contribution is -0.159. The van der Waals surface area contributed by atoms with E-state index in [0.717, 1.165) is 42.8 Å². The van der Waals surface area contributed by atoms with Gasteiger partial charge in [0, 0.05) is 44.1 Å². The molecule has 0 amide bonds. The summed E-state index contributed by atoms with van der Waals surface area (Å²) in [6.07, 6.45) is -0.479. The molecule has 1 aromatic carbocycles. The summed E-state index contributed by atoms with van der Waals surface area (Å²) in [4.78, 5) is 24.3. The lowest BCUT2D eigenvalue weighted by Gasteiger charge is -2.35. The van der Waals surface area contributed by atoms with Crippen molar-refractivity contribution in [3.63, 3.8) is 0 Å². The predicted molar refractivity (Wildman–Crippen MR) is 128 cm³/mol. The zero-order valence-corrected chi connectivity index (χ0v) is 20.4. The second kappa shape index (κ2) is 13.5. The van der Waals surface area contributed by atoms with Crippen LogP contribution < -0.4 is 4.74 Å². The van der Waals surface area contributed by atoms with Crippen LogP contribution in [0.3, 0.4) is 0 Å². The monoisotopic (exact) mass is 498 g/mol. The smallest absolute Gasteiger partial charge is 0.414 e. The summed E-state index contributed by atoms with van der Waals surface area (Å²) in [6, 6.07) is 12.2. The molecular formula is C23H31ClN2O6S. The molecule has 33 heavy (non-hydrogen) atoms. The minimum absolute atomic E-state index is 0.331. The summed E-state index contributed by atoms with van der Waals surface area (Å²) in [5.74, 6) is -2.36. The molecule has 1 atom stereocenters. The standard InChI is InChI=1S/C21H29ClN2O2S.C2H2O4/c1-16(2)19-5-3-4-6-20(19)26-15-17(25)13-23-9-11-24(12-10-23)14-18-7-8-21(22)27-18;3-1(4)2(5)6/h3-8,16-17,25H,9-15H2,1-2H3;(H,3,4)(H,5,6). The summed E-state index contributed by atoms with van der Waals surface area (Å²) < 4.78 is 6.76. The molecule has 0 aliphatic carbocycles. The molecule has 8 nitrogen and oxygen atoms in total. The van der Waals surface area contributed by atoms with E-state index < -0.39 is 18.0 Å². The second-order valence-corrected chi connectivity index (χ2v) is 9.85. The third-order valence-electron chi connectivity index (χ3n) is 5.10. The SMILES string of the molecule is CC(C)c1ccccc1OCC(O)CN1CCN(Cc2ccc(Cl)s2)CC1.O=C(O)C(=O)O. The Bertz CT molecular complexity index is 887. The lowest BCUT2D eigenvalue weighted by Crippen LogP contribution is -2.48. The molecule has 3 rings (SSSR count). The quantitative estimate of drug-likeness (QED) is 0.476. The van der Waals surface area contributed by atoms with E-state index in [9.17, 15) is 5.11 Å². The zero-order chi connectivity index (χ0) is 24.4. The van der Waals surface area contributed by atoms with Crippen molar-refractivity contribution in [2.75, 3.05) is 39.3 Å². The van der Waals surface area contributed by atoms with Gasteiger partial charge in [0.1, 0.15) is 18.5 Å². The Hall–Kier alpha value is -2.17. The Balaban J connectivity index is 0.000000569. The van der Waals surface area contributed by atoms with Gasteiger partial charge in [-0.05, 0) is 29.7 Å². The van der Waals surface area contributed by atoms with Gasteiger partial charge in [0.05, 0.1) is 4.34 Å². The van der Waals surface area contributed by atoms with E-state index in [4.69, 9.17) is 36.1 Å². The first-order valence-electron chi connectivity index (χ1n) is 10.7. The Morgan fingerprint density at radius 3 is 2.18 bits per heavy atom. The minimum atomic E-state index is -1.82. The normalized spacial score (nSPS) is 15.5. The van der Waals surface area contributed by atoms with Gasteiger partial charge in [-0.15, -0.1) is 11.3 Å². The number of carboxylic acid groups (broad SMARTS) is 2. The molecule has 1 unspecified atom stereocenters. The van der Waals surface area contributed by atoms with Gasteiger partial charge in [-0.3, -0.25) is 9.80 Å². The molecule has 10 heteroatoms. The van der Waals surface area contributed by atoms with E-state index in [0.29, 0.717) is 19.1 Å². The molecule has 2 heterocycles. The van der Waals surface area contributed by atoms with Gasteiger partial charge in [0.25, 0.3) is 0 Å². The highest BCUT2D eigenvalue weighted by Crippen LogP contribution is 2.26. The maximum atomic E-state index is 10.4. The van der Waals surface area contributed by atoms with Crippen LogP contribution in [0.15, 0.2) is 36.4 Å². The Morgan fingerprint density at radius 2 is 1.64 bits per heavy atom. The number of β-amino-alcohol motifs (C(OH)–C–C–N with tert-alkyl or cyclic N) is 1. The first-order chi connectivity index (χ1) is 15.7. The largest absolute Gasteiger partial charge is 0.491 e. The number of ether oxygens (including phenoxy) is 1. The fourth-order valence-corrected chi connectivity index (χ4v) is 4.54. The summed E-state index contributed by atoms with van der Waals surface area (Å²) in [7, 11) is 0. The zero-order valence-electron chi connectivity index (χ0n) is 18.8. The maximum absolute atomic E-state index is 10.4. The lowest BCUT2D eigenvalue weighted by atomic mass is 10.0. The van der Waals surface area contributed by atoms with Gasteiger partial charge >= 0.3 is 11.9 Å². The molecule has 1 aromatic heterocycles. The average molecular weight is 499 g/mol. The van der Waals surface area contributed by atoms with Crippen LogP contribution in [-0.2, 0) is 16.1 Å². The predicted octanol–water partition coefficient (Wildman–Crippen LogP) is 3.24. The van der Waals surface area contributed by atoms with E-state index in [1.807, 2.05) is 24.3 Å². The average Bonchev–Trinajstić information content (AvgIpc) is 3.18. The molecule has 0 radical (unpaired) electrons. The first kappa shape index (κ1) is 27.1. The summed E-state index contributed by atoms with van der Waals surface area (Å²) in [5, 5.41) is 25.2. The summed E-state index contributed by atoms with van der Waals surface area (Å²) in [6.45, 7) is 10.2. The van der Waals surface area contributed by atoms with Gasteiger partial charge in [-0.2, -0.15) is 0 Å². The van der Waals surface area contributed by atoms with Crippen LogP contribution in [0.5, 0.6) is 5.75 Å². The second-order valence-electron chi connectivity index (χ2n) is 8.05. The number of hydrogen-bond acceptors (Lipinski definition) is 7. The van der Waals surface area contributed by atoms with Crippen molar-refractivity contribution in [2.24, 2.45) is 0 Å². The number of hydrogen-bond donors (Lipinski definition) is 3. The number of aliphatic hydroxyl groups excluding tert-OH is 1. The minimum Gasteiger partial charge on any atom is -0.491 e. The molecular weight excluding hydrogens is 468 g/mol. The van der Waals surface area contributed by atoms with Crippen molar-refractivity contribution in [3.8, 4) is 5.75 Å². The van der Waals surface area contributed by atoms with Crippen LogP contribution in [0.4, 0.5) is 0 Å². The fourth-order valence-electron chi connectivity index (χ4n) is 3.41. The number of thiophene rings is 1. The van der Waals surface area contributed by atoms with Crippen molar-refractivity contribution in [1.82, 2.24) is 9.80 Å². The van der Waals surface area contributed by atoms with Crippen LogP contribution in [-0.4, -0.2) is 82.5 Å². The molecule has 0 spiro atoms. The number of nitrogens with zero attached hydrogens (tertiary/aromatic N) is 2. The number of aliphatic carboxylic acids is 2. The van der Waals surface area contributed by atoms with Gasteiger partial charge in [-0.1, -0.05) is 43.6 Å². The van der Waals surface area contributed by atoms with Crippen molar-refractivity contribution in [2.45, 2.75) is 32.4 Å². The molecule has 1 aliphatic heterocycles. The number of benzene rings is 1. The van der Waals surface area contributed by atoms with Crippen LogP contribution in [0.1, 0.15) is 30.2 Å². The van der Waals surface area contributed by atoms with Gasteiger partial charge in [0.15, 0.2) is 0 Å². The van der Waals surface area contributed by atoms with Gasteiger partial charge in [-0.25, -0.2) is 9.59 Å². The molecule has 2 aromatic rings. The van der Waals surface area contributed by atoms with E-state index in [1.54, 1.807) is 11.3 Å². The van der Waals surface area contributed by atoms with E-state index >= 15 is 0 Å². The van der Waals surface area contributed by atoms with Gasteiger partial charge in [0.2, 0.25) is 0 Å². The van der Waals surface area contributed by atoms with Crippen molar-refractivity contribution in [3.05, 3.63) is 51.2 Å². The number of carboxylic acids is 2. The molecule has 182 valence electrons. The van der Waals surface area contributed by atoms with Crippen LogP contribution in [0.25, 0.3) is 0 Å². The molecule has 0 saturated carbocycles. The molecule has 0 bridgehead atoms. The van der Waals surface area contributed by atoms with Crippen molar-refractivity contribution < 1.29 is 29.6 Å². The topological polar surface area (TPSA) is 111 Å². The maximum Gasteiger partial charge on any atom is 0.414 e. The Morgan fingerprint density at radius 1 is 1.03 bits per heavy atom. The van der Waals surface area contributed by atoms with Crippen LogP contribution in [0.2, 0.25) is 4.34 Å². The fraction of sp³-hybridized carbons (Fsp3) is 0.478. The number of piperazine rings is 1. The molecule has 1 fully saturated rings. The molecule has 1 saturated heterocycles. The van der Waals surface area contributed by atoms with E-state index in [2.05, 4.69) is 35.8 Å². The van der Waals surface area contributed by atoms with Crippen molar-refractivity contribution in [1.29, 1.82) is 0 Å².